The van der Waals surface area contributed by atoms with Crippen molar-refractivity contribution >= 4 is 29.4 Å². The van der Waals surface area contributed by atoms with E-state index < -0.39 is 17.5 Å². The highest BCUT2D eigenvalue weighted by Gasteiger charge is 2.21. The molecule has 0 fully saturated rings. The molecule has 0 spiro atoms. The third kappa shape index (κ3) is 7.56. The average Bonchev–Trinajstić information content (AvgIpc) is 2.48. The topological polar surface area (TPSA) is 120 Å². The Morgan fingerprint density at radius 3 is 2.40 bits per heavy atom. The minimum atomic E-state index is -0.907. The van der Waals surface area contributed by atoms with E-state index in [4.69, 9.17) is 5.11 Å². The van der Waals surface area contributed by atoms with Crippen LogP contribution in [0.4, 0.5) is 21.0 Å². The Kier molecular flexibility index (Phi) is 7.22. The summed E-state index contributed by atoms with van der Waals surface area (Å²) in [5.74, 6) is -0.907. The number of carbonyl (C=O) groups is 3. The van der Waals surface area contributed by atoms with Gasteiger partial charge in [-0.2, -0.15) is 0 Å². The first-order valence-electron chi connectivity index (χ1n) is 8.09. The lowest BCUT2D eigenvalue weighted by Crippen LogP contribution is -2.45. The van der Waals surface area contributed by atoms with Crippen LogP contribution in [-0.4, -0.2) is 35.2 Å². The van der Waals surface area contributed by atoms with Gasteiger partial charge >= 0.3 is 18.0 Å². The summed E-state index contributed by atoms with van der Waals surface area (Å²) in [6, 6.07) is 4.43. The van der Waals surface area contributed by atoms with Gasteiger partial charge in [0.15, 0.2) is 0 Å². The highest BCUT2D eigenvalue weighted by molar-refractivity contribution is 5.93. The summed E-state index contributed by atoms with van der Waals surface area (Å²) in [6.45, 7) is 7.68. The maximum absolute atomic E-state index is 12.2. The number of benzene rings is 1. The number of nitrogens with one attached hydrogen (secondary N) is 4. The molecule has 0 bridgehead atoms. The van der Waals surface area contributed by atoms with E-state index in [2.05, 4.69) is 21.3 Å². The minimum Gasteiger partial charge on any atom is -0.481 e. The molecule has 0 aliphatic carbocycles. The number of carboxylic acids is 1. The van der Waals surface area contributed by atoms with Crippen molar-refractivity contribution in [2.45, 2.75) is 46.1 Å². The van der Waals surface area contributed by atoms with Gasteiger partial charge in [-0.3, -0.25) is 4.79 Å². The number of carbonyl (C=O) groups excluding carboxylic acids is 2. The van der Waals surface area contributed by atoms with Gasteiger partial charge in [-0.05, 0) is 51.8 Å². The molecular formula is C17H26N4O4. The minimum absolute atomic E-state index is 0.0295. The number of aryl methyl sites for hydroxylation is 1. The van der Waals surface area contributed by atoms with Gasteiger partial charge in [-0.25, -0.2) is 9.59 Å². The van der Waals surface area contributed by atoms with E-state index in [-0.39, 0.29) is 12.5 Å². The van der Waals surface area contributed by atoms with Crippen molar-refractivity contribution < 1.29 is 19.5 Å². The molecule has 1 aromatic rings. The number of anilines is 2. The van der Waals surface area contributed by atoms with Crippen LogP contribution < -0.4 is 21.3 Å². The van der Waals surface area contributed by atoms with Gasteiger partial charge in [0.1, 0.15) is 0 Å². The summed E-state index contributed by atoms with van der Waals surface area (Å²) in [4.78, 5) is 34.4. The second-order valence-corrected chi connectivity index (χ2v) is 6.37. The van der Waals surface area contributed by atoms with Crippen LogP contribution in [0.5, 0.6) is 0 Å². The van der Waals surface area contributed by atoms with E-state index in [0.717, 1.165) is 5.56 Å². The Morgan fingerprint density at radius 1 is 1.12 bits per heavy atom. The van der Waals surface area contributed by atoms with Gasteiger partial charge in [-0.1, -0.05) is 6.07 Å². The van der Waals surface area contributed by atoms with Gasteiger partial charge in [0.05, 0.1) is 0 Å². The predicted octanol–water partition coefficient (Wildman–Crippen LogP) is 2.90. The monoisotopic (exact) mass is 350 g/mol. The molecule has 0 atom stereocenters. The van der Waals surface area contributed by atoms with Crippen molar-refractivity contribution in [2.24, 2.45) is 0 Å². The van der Waals surface area contributed by atoms with E-state index in [0.29, 0.717) is 24.3 Å². The molecule has 8 nitrogen and oxygen atoms in total. The molecule has 1 rings (SSSR count). The van der Waals surface area contributed by atoms with Gasteiger partial charge in [-0.15, -0.1) is 0 Å². The Bertz CT molecular complexity index is 644. The van der Waals surface area contributed by atoms with Crippen LogP contribution >= 0.6 is 0 Å². The fourth-order valence-corrected chi connectivity index (χ4v) is 2.11. The molecule has 0 heterocycles. The van der Waals surface area contributed by atoms with Gasteiger partial charge in [0.25, 0.3) is 0 Å². The SMILES string of the molecule is CCNC(=O)Nc1ccc(C)c(NC(=O)NC(C)(C)CCC(=O)O)c1. The Hall–Kier alpha value is -2.77. The van der Waals surface area contributed by atoms with Crippen molar-refractivity contribution in [3.63, 3.8) is 0 Å². The number of amides is 4. The van der Waals surface area contributed by atoms with Crippen LogP contribution in [0.1, 0.15) is 39.2 Å². The standard InChI is InChI=1S/C17H26N4O4/c1-5-18-15(24)19-12-7-6-11(2)13(10-12)20-16(25)21-17(3,4)9-8-14(22)23/h6-7,10H,5,8-9H2,1-4H3,(H,22,23)(H2,18,19,24)(H2,20,21,25). The zero-order valence-electron chi connectivity index (χ0n) is 15.0. The number of aliphatic carboxylic acids is 1. The van der Waals surface area contributed by atoms with Crippen LogP contribution in [0.2, 0.25) is 0 Å². The highest BCUT2D eigenvalue weighted by atomic mass is 16.4. The van der Waals surface area contributed by atoms with Gasteiger partial charge in [0.2, 0.25) is 0 Å². The maximum Gasteiger partial charge on any atom is 0.319 e. The number of hydrogen-bond donors (Lipinski definition) is 5. The summed E-state index contributed by atoms with van der Waals surface area (Å²) in [5.41, 5.74) is 1.28. The highest BCUT2D eigenvalue weighted by Crippen LogP contribution is 2.21. The number of carboxylic acid groups (broad SMARTS) is 1. The predicted molar refractivity (Wildman–Crippen MR) is 97.0 cm³/mol. The Labute approximate surface area is 147 Å². The molecule has 0 saturated carbocycles. The first-order valence-corrected chi connectivity index (χ1v) is 8.09. The molecule has 4 amide bonds. The molecular weight excluding hydrogens is 324 g/mol. The normalized spacial score (nSPS) is 10.7. The van der Waals surface area contributed by atoms with Crippen molar-refractivity contribution in [1.82, 2.24) is 10.6 Å². The molecule has 0 aliphatic rings. The Balaban J connectivity index is 2.72. The van der Waals surface area contributed by atoms with Crippen molar-refractivity contribution in [2.75, 3.05) is 17.2 Å². The van der Waals surface area contributed by atoms with E-state index in [9.17, 15) is 14.4 Å². The third-order valence-electron chi connectivity index (χ3n) is 3.50. The van der Waals surface area contributed by atoms with E-state index in [1.807, 2.05) is 13.8 Å². The summed E-state index contributed by atoms with van der Waals surface area (Å²) < 4.78 is 0. The summed E-state index contributed by atoms with van der Waals surface area (Å²) in [6.07, 6.45) is 0.284. The van der Waals surface area contributed by atoms with Crippen molar-refractivity contribution in [3.8, 4) is 0 Å². The second kappa shape index (κ2) is 8.91. The van der Waals surface area contributed by atoms with E-state index >= 15 is 0 Å². The summed E-state index contributed by atoms with van der Waals surface area (Å²) >= 11 is 0. The number of hydrogen-bond acceptors (Lipinski definition) is 3. The fourth-order valence-electron chi connectivity index (χ4n) is 2.11. The lowest BCUT2D eigenvalue weighted by atomic mass is 9.99. The molecule has 0 radical (unpaired) electrons. The van der Waals surface area contributed by atoms with E-state index in [1.165, 1.54) is 0 Å². The molecule has 138 valence electrons. The zero-order valence-corrected chi connectivity index (χ0v) is 15.0. The van der Waals surface area contributed by atoms with E-state index in [1.54, 1.807) is 32.0 Å². The third-order valence-corrected chi connectivity index (χ3v) is 3.50. The van der Waals surface area contributed by atoms with Crippen LogP contribution in [0.25, 0.3) is 0 Å². The molecule has 25 heavy (non-hydrogen) atoms. The van der Waals surface area contributed by atoms with Crippen LogP contribution in [-0.2, 0) is 4.79 Å². The largest absolute Gasteiger partial charge is 0.481 e. The van der Waals surface area contributed by atoms with Gasteiger partial charge < -0.3 is 26.4 Å². The number of rotatable bonds is 7. The average molecular weight is 350 g/mol. The Morgan fingerprint density at radius 2 is 1.80 bits per heavy atom. The lowest BCUT2D eigenvalue weighted by Gasteiger charge is -2.26. The molecule has 0 aliphatic heterocycles. The molecule has 0 saturated heterocycles. The van der Waals surface area contributed by atoms with Crippen LogP contribution in [0.15, 0.2) is 18.2 Å². The molecule has 5 N–H and O–H groups in total. The quantitative estimate of drug-likeness (QED) is 0.519. The summed E-state index contributed by atoms with van der Waals surface area (Å²) in [5, 5.41) is 19.5. The van der Waals surface area contributed by atoms with Gasteiger partial charge in [0, 0.05) is 29.9 Å². The lowest BCUT2D eigenvalue weighted by molar-refractivity contribution is -0.137. The first-order chi connectivity index (χ1) is 11.6. The first kappa shape index (κ1) is 20.3. The number of urea groups is 2. The molecule has 0 aromatic heterocycles. The molecule has 0 unspecified atom stereocenters. The summed E-state index contributed by atoms with van der Waals surface area (Å²) in [7, 11) is 0. The van der Waals surface area contributed by atoms with Crippen LogP contribution in [0, 0.1) is 6.92 Å². The maximum atomic E-state index is 12.2. The molecule has 1 aromatic carbocycles. The smallest absolute Gasteiger partial charge is 0.319 e. The van der Waals surface area contributed by atoms with Crippen molar-refractivity contribution in [3.05, 3.63) is 23.8 Å². The molecule has 8 heteroatoms. The second-order valence-electron chi connectivity index (χ2n) is 6.37. The van der Waals surface area contributed by atoms with Crippen LogP contribution in [0.3, 0.4) is 0 Å². The van der Waals surface area contributed by atoms with Crippen molar-refractivity contribution in [1.29, 1.82) is 0 Å². The fraction of sp³-hybridized carbons (Fsp3) is 0.471. The zero-order chi connectivity index (χ0) is 19.0.